The Kier molecular flexibility index (Phi) is 4.56. The van der Waals surface area contributed by atoms with Gasteiger partial charge in [0, 0.05) is 28.6 Å². The monoisotopic (exact) mass is 323 g/mol. The van der Waals surface area contributed by atoms with Gasteiger partial charge in [0.1, 0.15) is 13.2 Å². The summed E-state index contributed by atoms with van der Waals surface area (Å²) in [6, 6.07) is 1.93. The van der Waals surface area contributed by atoms with Crippen molar-refractivity contribution in [2.24, 2.45) is 5.73 Å². The fourth-order valence-electron chi connectivity index (χ4n) is 4.05. The van der Waals surface area contributed by atoms with E-state index in [4.69, 9.17) is 26.8 Å². The molecule has 0 aromatic heterocycles. The van der Waals surface area contributed by atoms with Crippen LogP contribution in [-0.4, -0.2) is 19.8 Å². The van der Waals surface area contributed by atoms with Gasteiger partial charge in [-0.25, -0.2) is 0 Å². The highest BCUT2D eigenvalue weighted by atomic mass is 35.5. The summed E-state index contributed by atoms with van der Waals surface area (Å²) in [5, 5.41) is 0.792. The van der Waals surface area contributed by atoms with Crippen molar-refractivity contribution in [3.63, 3.8) is 0 Å². The van der Waals surface area contributed by atoms with E-state index in [2.05, 4.69) is 13.8 Å². The highest BCUT2D eigenvalue weighted by Gasteiger charge is 2.39. The van der Waals surface area contributed by atoms with Gasteiger partial charge in [0.25, 0.3) is 0 Å². The molecule has 1 aliphatic carbocycles. The second-order valence-electron chi connectivity index (χ2n) is 6.87. The second-order valence-corrected chi connectivity index (χ2v) is 7.28. The van der Waals surface area contributed by atoms with E-state index in [0.29, 0.717) is 25.7 Å². The second kappa shape index (κ2) is 6.29. The third kappa shape index (κ3) is 2.59. The van der Waals surface area contributed by atoms with Crippen LogP contribution < -0.4 is 15.2 Å². The minimum Gasteiger partial charge on any atom is -0.486 e. The van der Waals surface area contributed by atoms with Crippen LogP contribution in [0.5, 0.6) is 11.5 Å². The first-order valence-corrected chi connectivity index (χ1v) is 8.79. The van der Waals surface area contributed by atoms with Gasteiger partial charge < -0.3 is 15.2 Å². The third-order valence-electron chi connectivity index (χ3n) is 5.13. The van der Waals surface area contributed by atoms with E-state index < -0.39 is 0 Å². The summed E-state index contributed by atoms with van der Waals surface area (Å²) in [6.07, 6.45) is 5.96. The maximum absolute atomic E-state index is 6.72. The average Bonchev–Trinajstić information content (AvgIpc) is 2.54. The zero-order valence-corrected chi connectivity index (χ0v) is 14.3. The third-order valence-corrected chi connectivity index (χ3v) is 5.43. The SMILES string of the molecule is CC(C)c1c2c(cc(Cl)c1C1(CN)CCCCC1)OCCO2. The molecule has 1 saturated carbocycles. The molecule has 2 aliphatic rings. The summed E-state index contributed by atoms with van der Waals surface area (Å²) in [4.78, 5) is 0. The lowest BCUT2D eigenvalue weighted by atomic mass is 9.67. The van der Waals surface area contributed by atoms with Gasteiger partial charge in [0.2, 0.25) is 0 Å². The van der Waals surface area contributed by atoms with Gasteiger partial charge in [-0.3, -0.25) is 0 Å². The molecule has 0 atom stereocenters. The van der Waals surface area contributed by atoms with Gasteiger partial charge in [-0.2, -0.15) is 0 Å². The maximum Gasteiger partial charge on any atom is 0.165 e. The molecule has 1 aromatic carbocycles. The number of hydrogen-bond donors (Lipinski definition) is 1. The predicted octanol–water partition coefficient (Wildman–Crippen LogP) is 4.40. The fourth-order valence-corrected chi connectivity index (χ4v) is 4.46. The molecule has 22 heavy (non-hydrogen) atoms. The molecule has 0 saturated heterocycles. The lowest BCUT2D eigenvalue weighted by Gasteiger charge is -2.40. The molecule has 0 bridgehead atoms. The van der Waals surface area contributed by atoms with Crippen LogP contribution in [0.4, 0.5) is 0 Å². The Bertz CT molecular complexity index is 551. The molecule has 4 heteroatoms. The molecule has 0 amide bonds. The smallest absolute Gasteiger partial charge is 0.165 e. The Balaban J connectivity index is 2.21. The standard InChI is InChI=1S/C18H26ClNO2/c1-12(2)15-16(18(11-20)6-4-3-5-7-18)13(19)10-14-17(15)22-9-8-21-14/h10,12H,3-9,11,20H2,1-2H3. The largest absolute Gasteiger partial charge is 0.486 e. The van der Waals surface area contributed by atoms with E-state index in [1.807, 2.05) is 6.07 Å². The van der Waals surface area contributed by atoms with E-state index in [9.17, 15) is 0 Å². The van der Waals surface area contributed by atoms with Gasteiger partial charge >= 0.3 is 0 Å². The van der Waals surface area contributed by atoms with Gasteiger partial charge in [-0.15, -0.1) is 0 Å². The quantitative estimate of drug-likeness (QED) is 0.897. The van der Waals surface area contributed by atoms with E-state index in [1.54, 1.807) is 0 Å². The lowest BCUT2D eigenvalue weighted by Crippen LogP contribution is -2.38. The summed E-state index contributed by atoms with van der Waals surface area (Å²) in [7, 11) is 0. The Morgan fingerprint density at radius 2 is 1.86 bits per heavy atom. The van der Waals surface area contributed by atoms with Crippen LogP contribution in [-0.2, 0) is 5.41 Å². The molecule has 1 aliphatic heterocycles. The average molecular weight is 324 g/mol. The van der Waals surface area contributed by atoms with E-state index in [-0.39, 0.29) is 5.41 Å². The van der Waals surface area contributed by atoms with Crippen LogP contribution in [0, 0.1) is 0 Å². The highest BCUT2D eigenvalue weighted by molar-refractivity contribution is 6.32. The Labute approximate surface area is 138 Å². The summed E-state index contributed by atoms with van der Waals surface area (Å²) < 4.78 is 11.7. The molecular formula is C18H26ClNO2. The van der Waals surface area contributed by atoms with Crippen LogP contribution in [0.3, 0.4) is 0 Å². The molecule has 0 spiro atoms. The minimum atomic E-state index is -0.00915. The molecule has 122 valence electrons. The molecule has 0 radical (unpaired) electrons. The van der Waals surface area contributed by atoms with Crippen LogP contribution in [0.2, 0.25) is 5.02 Å². The molecule has 3 rings (SSSR count). The van der Waals surface area contributed by atoms with Crippen LogP contribution in [0.25, 0.3) is 0 Å². The first-order valence-electron chi connectivity index (χ1n) is 8.41. The van der Waals surface area contributed by atoms with Crippen LogP contribution in [0.1, 0.15) is 63.0 Å². The Morgan fingerprint density at radius 3 is 2.50 bits per heavy atom. The maximum atomic E-state index is 6.72. The van der Waals surface area contributed by atoms with E-state index in [1.165, 1.54) is 30.4 Å². The van der Waals surface area contributed by atoms with Crippen molar-refractivity contribution in [1.29, 1.82) is 0 Å². The molecule has 1 fully saturated rings. The molecule has 2 N–H and O–H groups in total. The van der Waals surface area contributed by atoms with Gasteiger partial charge in [0.15, 0.2) is 11.5 Å². The molecule has 1 heterocycles. The summed E-state index contributed by atoms with van der Waals surface area (Å²) in [5.74, 6) is 2.00. The molecule has 3 nitrogen and oxygen atoms in total. The number of hydrogen-bond acceptors (Lipinski definition) is 3. The van der Waals surface area contributed by atoms with Crippen molar-refractivity contribution in [2.75, 3.05) is 19.8 Å². The van der Waals surface area contributed by atoms with Crippen LogP contribution in [0.15, 0.2) is 6.07 Å². The predicted molar refractivity (Wildman–Crippen MR) is 90.3 cm³/mol. The first kappa shape index (κ1) is 15.9. The summed E-state index contributed by atoms with van der Waals surface area (Å²) >= 11 is 6.72. The number of fused-ring (bicyclic) bond motifs is 1. The minimum absolute atomic E-state index is 0.00915. The van der Waals surface area contributed by atoms with Crippen molar-refractivity contribution in [3.8, 4) is 11.5 Å². The van der Waals surface area contributed by atoms with Gasteiger partial charge in [-0.1, -0.05) is 44.7 Å². The van der Waals surface area contributed by atoms with Crippen LogP contribution >= 0.6 is 11.6 Å². The molecule has 0 unspecified atom stereocenters. The topological polar surface area (TPSA) is 44.5 Å². The summed E-state index contributed by atoms with van der Waals surface area (Å²) in [5.41, 5.74) is 8.67. The molecular weight excluding hydrogens is 298 g/mol. The number of ether oxygens (including phenoxy) is 2. The van der Waals surface area contributed by atoms with Crippen molar-refractivity contribution in [3.05, 3.63) is 22.2 Å². The fraction of sp³-hybridized carbons (Fsp3) is 0.667. The lowest BCUT2D eigenvalue weighted by molar-refractivity contribution is 0.168. The normalized spacial score (nSPS) is 20.2. The number of rotatable bonds is 3. The van der Waals surface area contributed by atoms with Gasteiger partial charge in [0.05, 0.1) is 0 Å². The van der Waals surface area contributed by atoms with E-state index >= 15 is 0 Å². The van der Waals surface area contributed by atoms with Crippen molar-refractivity contribution in [1.82, 2.24) is 0 Å². The number of benzene rings is 1. The summed E-state index contributed by atoms with van der Waals surface area (Å²) in [6.45, 7) is 6.22. The first-order chi connectivity index (χ1) is 10.6. The Morgan fingerprint density at radius 1 is 1.18 bits per heavy atom. The number of halogens is 1. The van der Waals surface area contributed by atoms with Crippen molar-refractivity contribution in [2.45, 2.75) is 57.3 Å². The number of nitrogens with two attached hydrogens (primary N) is 1. The van der Waals surface area contributed by atoms with Crippen molar-refractivity contribution < 1.29 is 9.47 Å². The van der Waals surface area contributed by atoms with Gasteiger partial charge in [-0.05, 0) is 24.3 Å². The van der Waals surface area contributed by atoms with E-state index in [0.717, 1.165) is 29.4 Å². The Hall–Kier alpha value is -0.930. The molecule has 1 aromatic rings. The zero-order chi connectivity index (χ0) is 15.7. The van der Waals surface area contributed by atoms with Crippen molar-refractivity contribution >= 4 is 11.6 Å². The highest BCUT2D eigenvalue weighted by Crippen LogP contribution is 2.51. The zero-order valence-electron chi connectivity index (χ0n) is 13.6.